The van der Waals surface area contributed by atoms with Gasteiger partial charge in [0.05, 0.1) is 5.56 Å². The van der Waals surface area contributed by atoms with Gasteiger partial charge in [-0.1, -0.05) is 36.4 Å². The van der Waals surface area contributed by atoms with E-state index in [1.54, 1.807) is 0 Å². The molecule has 4 nitrogen and oxygen atoms in total. The average Bonchev–Trinajstić information content (AvgIpc) is 3.22. The first-order valence-electron chi connectivity index (χ1n) is 11.7. The van der Waals surface area contributed by atoms with Crippen LogP contribution in [0.1, 0.15) is 35.4 Å². The van der Waals surface area contributed by atoms with E-state index >= 15 is 0 Å². The second kappa shape index (κ2) is 9.57. The predicted molar refractivity (Wildman–Crippen MR) is 130 cm³/mol. The van der Waals surface area contributed by atoms with Crippen LogP contribution in [-0.2, 0) is 22.7 Å². The van der Waals surface area contributed by atoms with Crippen LogP contribution < -0.4 is 0 Å². The van der Waals surface area contributed by atoms with Gasteiger partial charge in [-0.15, -0.1) is 0 Å². The van der Waals surface area contributed by atoms with Crippen molar-refractivity contribution >= 4 is 20.9 Å². The largest absolute Gasteiger partial charge is 0.416 e. The summed E-state index contributed by atoms with van der Waals surface area (Å²) in [7, 11) is -4.32. The fourth-order valence-electron chi connectivity index (χ4n) is 4.99. The monoisotopic (exact) mass is 534 g/mol. The van der Waals surface area contributed by atoms with Crippen molar-refractivity contribution in [2.45, 2.75) is 36.4 Å². The van der Waals surface area contributed by atoms with E-state index in [0.717, 1.165) is 51.1 Å². The maximum Gasteiger partial charge on any atom is 0.416 e. The lowest BCUT2D eigenvalue weighted by Gasteiger charge is -2.31. The summed E-state index contributed by atoms with van der Waals surface area (Å²) >= 11 is 0. The normalized spacial score (nSPS) is 15.9. The molecule has 0 radical (unpaired) electrons. The van der Waals surface area contributed by atoms with Crippen molar-refractivity contribution in [2.24, 2.45) is 0 Å². The van der Waals surface area contributed by atoms with Crippen LogP contribution in [0.25, 0.3) is 10.9 Å². The Hall–Kier alpha value is -3.24. The molecule has 1 saturated heterocycles. The highest BCUT2D eigenvalue weighted by atomic mass is 32.2. The molecule has 1 aliphatic heterocycles. The highest BCUT2D eigenvalue weighted by Crippen LogP contribution is 2.37. The summed E-state index contributed by atoms with van der Waals surface area (Å²) in [5, 5.41) is 0.982. The number of benzene rings is 3. The minimum Gasteiger partial charge on any atom is -0.343 e. The SMILES string of the molecule is O=S(=O)(c1c(F)cccc1F)N1CCC(c2cn(Cc3ccc(C(F)(F)F)cc3)c3ccccc23)CC1. The predicted octanol–water partition coefficient (Wildman–Crippen LogP) is 6.55. The number of hydrogen-bond donors (Lipinski definition) is 0. The van der Waals surface area contributed by atoms with Gasteiger partial charge in [0.25, 0.3) is 0 Å². The molecule has 0 aliphatic carbocycles. The van der Waals surface area contributed by atoms with Crippen LogP contribution in [0.3, 0.4) is 0 Å². The average molecular weight is 535 g/mol. The molecule has 3 aromatic carbocycles. The van der Waals surface area contributed by atoms with Gasteiger partial charge in [-0.2, -0.15) is 17.5 Å². The minimum absolute atomic E-state index is 0.00988. The molecule has 0 N–H and O–H groups in total. The molecule has 0 bridgehead atoms. The molecule has 1 fully saturated rings. The lowest BCUT2D eigenvalue weighted by atomic mass is 9.90. The van der Waals surface area contributed by atoms with Crippen molar-refractivity contribution in [3.8, 4) is 0 Å². The molecule has 194 valence electrons. The molecule has 1 aliphatic rings. The molecule has 0 unspecified atom stereocenters. The third-order valence-corrected chi connectivity index (χ3v) is 8.82. The Bertz CT molecular complexity index is 1520. The van der Waals surface area contributed by atoms with Crippen molar-refractivity contribution in [2.75, 3.05) is 13.1 Å². The molecule has 1 aromatic heterocycles. The number of halogens is 5. The number of hydrogen-bond acceptors (Lipinski definition) is 2. The summed E-state index contributed by atoms with van der Waals surface area (Å²) in [6, 6.07) is 15.7. The van der Waals surface area contributed by atoms with Gasteiger partial charge in [0.2, 0.25) is 10.0 Å². The van der Waals surface area contributed by atoms with E-state index in [0.29, 0.717) is 24.9 Å². The van der Waals surface area contributed by atoms with E-state index in [-0.39, 0.29) is 19.0 Å². The van der Waals surface area contributed by atoms with E-state index in [4.69, 9.17) is 0 Å². The van der Waals surface area contributed by atoms with Gasteiger partial charge < -0.3 is 4.57 Å². The second-order valence-electron chi connectivity index (χ2n) is 9.15. The summed E-state index contributed by atoms with van der Waals surface area (Å²) in [6.07, 6.45) is -1.51. The third kappa shape index (κ3) is 4.87. The van der Waals surface area contributed by atoms with Crippen molar-refractivity contribution in [3.63, 3.8) is 0 Å². The molecule has 4 aromatic rings. The lowest BCUT2D eigenvalue weighted by Crippen LogP contribution is -2.38. The Morgan fingerprint density at radius 2 is 1.46 bits per heavy atom. The molecule has 0 amide bonds. The maximum absolute atomic E-state index is 14.2. The molecular formula is C27H23F5N2O2S. The van der Waals surface area contributed by atoms with Gasteiger partial charge in [-0.3, -0.25) is 0 Å². The lowest BCUT2D eigenvalue weighted by molar-refractivity contribution is -0.137. The molecule has 0 saturated carbocycles. The van der Waals surface area contributed by atoms with Crippen LogP contribution in [-0.4, -0.2) is 30.4 Å². The fraction of sp³-hybridized carbons (Fsp3) is 0.259. The van der Waals surface area contributed by atoms with Crippen molar-refractivity contribution < 1.29 is 30.4 Å². The van der Waals surface area contributed by atoms with E-state index in [2.05, 4.69) is 0 Å². The number of fused-ring (bicyclic) bond motifs is 1. The molecule has 0 spiro atoms. The molecule has 2 heterocycles. The Morgan fingerprint density at radius 3 is 2.08 bits per heavy atom. The highest BCUT2D eigenvalue weighted by Gasteiger charge is 2.35. The minimum atomic E-state index is -4.40. The molecule has 10 heteroatoms. The number of para-hydroxylation sites is 1. The van der Waals surface area contributed by atoms with E-state index < -0.39 is 38.3 Å². The van der Waals surface area contributed by atoms with Crippen LogP contribution in [0.4, 0.5) is 22.0 Å². The number of alkyl halides is 3. The smallest absolute Gasteiger partial charge is 0.343 e. The molecule has 5 rings (SSSR count). The molecule has 0 atom stereocenters. The Labute approximate surface area is 211 Å². The number of aromatic nitrogens is 1. The van der Waals surface area contributed by atoms with Crippen LogP contribution in [0, 0.1) is 11.6 Å². The summed E-state index contributed by atoms with van der Waals surface area (Å²) in [5.74, 6) is -2.22. The first-order chi connectivity index (χ1) is 17.6. The van der Waals surface area contributed by atoms with Gasteiger partial charge in [0.1, 0.15) is 11.6 Å². The van der Waals surface area contributed by atoms with Gasteiger partial charge in [-0.05, 0) is 60.2 Å². The second-order valence-corrected chi connectivity index (χ2v) is 11.0. The zero-order valence-electron chi connectivity index (χ0n) is 19.6. The number of sulfonamides is 1. The van der Waals surface area contributed by atoms with Crippen molar-refractivity contribution in [1.29, 1.82) is 0 Å². The van der Waals surface area contributed by atoms with Gasteiger partial charge in [0, 0.05) is 36.7 Å². The van der Waals surface area contributed by atoms with Gasteiger partial charge in [-0.25, -0.2) is 17.2 Å². The standard InChI is InChI=1S/C27H23F5N2O2S/c28-23-5-3-6-24(29)26(23)37(35,36)34-14-12-19(13-15-34)22-17-33(25-7-2-1-4-21(22)25)16-18-8-10-20(11-9-18)27(30,31)32/h1-11,17,19H,12-16H2. The molecular weight excluding hydrogens is 511 g/mol. The zero-order valence-corrected chi connectivity index (χ0v) is 20.4. The fourth-order valence-corrected chi connectivity index (χ4v) is 6.57. The van der Waals surface area contributed by atoms with Crippen LogP contribution >= 0.6 is 0 Å². The third-order valence-electron chi connectivity index (χ3n) is 6.86. The summed E-state index contributed by atoms with van der Waals surface area (Å²) in [4.78, 5) is -0.929. The van der Waals surface area contributed by atoms with Crippen molar-refractivity contribution in [3.05, 3.63) is 101 Å². The van der Waals surface area contributed by atoms with E-state index in [1.807, 2.05) is 35.0 Å². The topological polar surface area (TPSA) is 42.3 Å². The number of rotatable bonds is 5. The van der Waals surface area contributed by atoms with Crippen LogP contribution in [0.2, 0.25) is 0 Å². The van der Waals surface area contributed by atoms with E-state index in [9.17, 15) is 30.4 Å². The van der Waals surface area contributed by atoms with Gasteiger partial charge in [0.15, 0.2) is 4.90 Å². The Kier molecular flexibility index (Phi) is 6.57. The Morgan fingerprint density at radius 1 is 0.838 bits per heavy atom. The summed E-state index contributed by atoms with van der Waals surface area (Å²) in [6.45, 7) is 0.594. The first-order valence-corrected chi connectivity index (χ1v) is 13.2. The first kappa shape index (κ1) is 25.4. The zero-order chi connectivity index (χ0) is 26.4. The van der Waals surface area contributed by atoms with Crippen molar-refractivity contribution in [1.82, 2.24) is 8.87 Å². The highest BCUT2D eigenvalue weighted by molar-refractivity contribution is 7.89. The number of piperidine rings is 1. The quantitative estimate of drug-likeness (QED) is 0.273. The maximum atomic E-state index is 14.2. The summed E-state index contributed by atoms with van der Waals surface area (Å²) < 4.78 is 96.1. The van der Waals surface area contributed by atoms with E-state index in [1.165, 1.54) is 12.1 Å². The Balaban J connectivity index is 1.38. The number of nitrogens with zero attached hydrogens (tertiary/aromatic N) is 2. The van der Waals surface area contributed by atoms with Crippen LogP contribution in [0.5, 0.6) is 0 Å². The van der Waals surface area contributed by atoms with Crippen LogP contribution in [0.15, 0.2) is 77.8 Å². The summed E-state index contributed by atoms with van der Waals surface area (Å²) in [5.41, 5.74) is 1.94. The van der Waals surface area contributed by atoms with Gasteiger partial charge >= 0.3 is 6.18 Å². The molecule has 37 heavy (non-hydrogen) atoms.